The SMILES string of the molecule is CCCCCCCC(NCCOC)c1nc(CC)c(C)s1. The van der Waals surface area contributed by atoms with Crippen LogP contribution in [0, 0.1) is 6.92 Å². The molecule has 0 saturated carbocycles. The van der Waals surface area contributed by atoms with Crippen molar-refractivity contribution in [3.63, 3.8) is 0 Å². The molecule has 0 aliphatic rings. The number of unbranched alkanes of at least 4 members (excludes halogenated alkanes) is 4. The first-order chi connectivity index (χ1) is 10.2. The van der Waals surface area contributed by atoms with Crippen LogP contribution in [0.4, 0.5) is 0 Å². The van der Waals surface area contributed by atoms with Crippen molar-refractivity contribution in [1.29, 1.82) is 0 Å². The number of hydrogen-bond donors (Lipinski definition) is 1. The highest BCUT2D eigenvalue weighted by atomic mass is 32.1. The van der Waals surface area contributed by atoms with Crippen LogP contribution in [0.5, 0.6) is 0 Å². The second kappa shape index (κ2) is 11.2. The van der Waals surface area contributed by atoms with Crippen molar-refractivity contribution in [3.8, 4) is 0 Å². The van der Waals surface area contributed by atoms with Crippen molar-refractivity contribution in [2.24, 2.45) is 0 Å². The maximum absolute atomic E-state index is 5.16. The van der Waals surface area contributed by atoms with Crippen molar-refractivity contribution < 1.29 is 4.74 Å². The fourth-order valence-corrected chi connectivity index (χ4v) is 3.65. The number of rotatable bonds is 12. The highest BCUT2D eigenvalue weighted by Crippen LogP contribution is 2.27. The van der Waals surface area contributed by atoms with Crippen LogP contribution >= 0.6 is 11.3 Å². The second-order valence-corrected chi connectivity index (χ2v) is 6.85. The Morgan fingerprint density at radius 2 is 1.95 bits per heavy atom. The quantitative estimate of drug-likeness (QED) is 0.570. The molecule has 3 nitrogen and oxygen atoms in total. The number of methoxy groups -OCH3 is 1. The zero-order valence-corrected chi connectivity index (χ0v) is 15.0. The lowest BCUT2D eigenvalue weighted by Gasteiger charge is -2.16. The van der Waals surface area contributed by atoms with E-state index in [1.165, 1.54) is 54.1 Å². The summed E-state index contributed by atoms with van der Waals surface area (Å²) in [6.07, 6.45) is 8.86. The number of ether oxygens (including phenoxy) is 1. The molecule has 0 saturated heterocycles. The van der Waals surface area contributed by atoms with Crippen molar-refractivity contribution in [3.05, 3.63) is 15.6 Å². The Bertz CT molecular complexity index is 379. The highest BCUT2D eigenvalue weighted by Gasteiger charge is 2.16. The van der Waals surface area contributed by atoms with Gasteiger partial charge in [0.1, 0.15) is 5.01 Å². The van der Waals surface area contributed by atoms with E-state index >= 15 is 0 Å². The van der Waals surface area contributed by atoms with Gasteiger partial charge in [0.2, 0.25) is 0 Å². The molecule has 4 heteroatoms. The monoisotopic (exact) mass is 312 g/mol. The van der Waals surface area contributed by atoms with E-state index in [-0.39, 0.29) is 0 Å². The van der Waals surface area contributed by atoms with Crippen LogP contribution in [0.3, 0.4) is 0 Å². The molecule has 122 valence electrons. The maximum Gasteiger partial charge on any atom is 0.110 e. The molecule has 0 aliphatic carbocycles. The van der Waals surface area contributed by atoms with Gasteiger partial charge in [0.15, 0.2) is 0 Å². The highest BCUT2D eigenvalue weighted by molar-refractivity contribution is 7.11. The van der Waals surface area contributed by atoms with Gasteiger partial charge in [-0.2, -0.15) is 0 Å². The van der Waals surface area contributed by atoms with E-state index in [2.05, 4.69) is 26.1 Å². The van der Waals surface area contributed by atoms with E-state index in [9.17, 15) is 0 Å². The van der Waals surface area contributed by atoms with E-state index < -0.39 is 0 Å². The van der Waals surface area contributed by atoms with Crippen molar-refractivity contribution in [1.82, 2.24) is 10.3 Å². The predicted octanol–water partition coefficient (Wildman–Crippen LogP) is 4.65. The Morgan fingerprint density at radius 3 is 2.57 bits per heavy atom. The molecule has 1 heterocycles. The van der Waals surface area contributed by atoms with Gasteiger partial charge < -0.3 is 10.1 Å². The number of nitrogens with one attached hydrogen (secondary N) is 1. The summed E-state index contributed by atoms with van der Waals surface area (Å²) in [6.45, 7) is 8.30. The largest absolute Gasteiger partial charge is 0.383 e. The average Bonchev–Trinajstić information content (AvgIpc) is 2.86. The molecule has 21 heavy (non-hydrogen) atoms. The Kier molecular flexibility index (Phi) is 9.89. The molecule has 1 N–H and O–H groups in total. The molecule has 0 radical (unpaired) electrons. The third-order valence-corrected chi connectivity index (χ3v) is 4.96. The predicted molar refractivity (Wildman–Crippen MR) is 92.2 cm³/mol. The van der Waals surface area contributed by atoms with Gasteiger partial charge in [0.05, 0.1) is 18.3 Å². The van der Waals surface area contributed by atoms with E-state index in [1.54, 1.807) is 7.11 Å². The smallest absolute Gasteiger partial charge is 0.110 e. The van der Waals surface area contributed by atoms with Crippen molar-refractivity contribution >= 4 is 11.3 Å². The lowest BCUT2D eigenvalue weighted by Crippen LogP contribution is -2.25. The minimum Gasteiger partial charge on any atom is -0.383 e. The molecule has 0 fully saturated rings. The van der Waals surface area contributed by atoms with Crippen LogP contribution < -0.4 is 5.32 Å². The Labute approximate surface area is 134 Å². The van der Waals surface area contributed by atoms with E-state index in [0.29, 0.717) is 6.04 Å². The van der Waals surface area contributed by atoms with Crippen LogP contribution in [0.1, 0.15) is 74.0 Å². The topological polar surface area (TPSA) is 34.1 Å². The number of hydrogen-bond acceptors (Lipinski definition) is 4. The number of aromatic nitrogens is 1. The van der Waals surface area contributed by atoms with E-state index in [1.807, 2.05) is 11.3 Å². The second-order valence-electron chi connectivity index (χ2n) is 5.61. The van der Waals surface area contributed by atoms with Gasteiger partial charge in [-0.25, -0.2) is 4.98 Å². The summed E-state index contributed by atoms with van der Waals surface area (Å²) in [7, 11) is 1.75. The van der Waals surface area contributed by atoms with Gasteiger partial charge in [-0.3, -0.25) is 0 Å². The third kappa shape index (κ3) is 6.90. The summed E-state index contributed by atoms with van der Waals surface area (Å²) in [6, 6.07) is 0.394. The first-order valence-corrected chi connectivity index (χ1v) is 9.23. The number of thiazole rings is 1. The average molecular weight is 313 g/mol. The van der Waals surface area contributed by atoms with E-state index in [0.717, 1.165) is 19.6 Å². The van der Waals surface area contributed by atoms with Gasteiger partial charge >= 0.3 is 0 Å². The van der Waals surface area contributed by atoms with Gasteiger partial charge in [-0.05, 0) is 19.8 Å². The normalized spacial score (nSPS) is 12.8. The standard InChI is InChI=1S/C17H32N2OS/c1-5-7-8-9-10-11-16(18-12-13-20-4)17-19-15(6-2)14(3)21-17/h16,18H,5-13H2,1-4H3. The molecule has 1 unspecified atom stereocenters. The van der Waals surface area contributed by atoms with Gasteiger partial charge in [0, 0.05) is 18.5 Å². The minimum absolute atomic E-state index is 0.394. The number of nitrogens with zero attached hydrogens (tertiary/aromatic N) is 1. The third-order valence-electron chi connectivity index (χ3n) is 3.84. The summed E-state index contributed by atoms with van der Waals surface area (Å²) in [5.74, 6) is 0. The summed E-state index contributed by atoms with van der Waals surface area (Å²) < 4.78 is 5.16. The molecule has 0 aromatic carbocycles. The van der Waals surface area contributed by atoms with Crippen molar-refractivity contribution in [2.75, 3.05) is 20.3 Å². The molecule has 0 aliphatic heterocycles. The Hall–Kier alpha value is -0.450. The molecule has 0 amide bonds. The van der Waals surface area contributed by atoms with Gasteiger partial charge in [0.25, 0.3) is 0 Å². The summed E-state index contributed by atoms with van der Waals surface area (Å²) >= 11 is 1.86. The van der Waals surface area contributed by atoms with Crippen LogP contribution in [-0.4, -0.2) is 25.2 Å². The lowest BCUT2D eigenvalue weighted by atomic mass is 10.1. The summed E-state index contributed by atoms with van der Waals surface area (Å²) in [5, 5.41) is 4.88. The Balaban J connectivity index is 2.53. The van der Waals surface area contributed by atoms with Crippen LogP contribution in [0.2, 0.25) is 0 Å². The number of aryl methyl sites for hydroxylation is 2. The fourth-order valence-electron chi connectivity index (χ4n) is 2.53. The van der Waals surface area contributed by atoms with Gasteiger partial charge in [-0.15, -0.1) is 11.3 Å². The molecular weight excluding hydrogens is 280 g/mol. The van der Waals surface area contributed by atoms with Crippen LogP contribution in [-0.2, 0) is 11.2 Å². The molecular formula is C17H32N2OS. The van der Waals surface area contributed by atoms with E-state index in [4.69, 9.17) is 9.72 Å². The minimum atomic E-state index is 0.394. The molecule has 0 spiro atoms. The maximum atomic E-state index is 5.16. The fraction of sp³-hybridized carbons (Fsp3) is 0.824. The first kappa shape index (κ1) is 18.6. The zero-order chi connectivity index (χ0) is 15.5. The Morgan fingerprint density at radius 1 is 1.19 bits per heavy atom. The molecule has 1 rings (SSSR count). The van der Waals surface area contributed by atoms with Crippen molar-refractivity contribution in [2.45, 2.75) is 71.8 Å². The summed E-state index contributed by atoms with van der Waals surface area (Å²) in [4.78, 5) is 6.21. The summed E-state index contributed by atoms with van der Waals surface area (Å²) in [5.41, 5.74) is 1.26. The molecule has 1 atom stereocenters. The molecule has 1 aromatic heterocycles. The van der Waals surface area contributed by atoms with Crippen LogP contribution in [0.25, 0.3) is 0 Å². The lowest BCUT2D eigenvalue weighted by molar-refractivity contribution is 0.194. The molecule has 1 aromatic rings. The van der Waals surface area contributed by atoms with Crippen LogP contribution in [0.15, 0.2) is 0 Å². The van der Waals surface area contributed by atoms with Gasteiger partial charge in [-0.1, -0.05) is 46.0 Å². The zero-order valence-electron chi connectivity index (χ0n) is 14.2. The first-order valence-electron chi connectivity index (χ1n) is 8.41. The molecule has 0 bridgehead atoms.